The molecule has 0 radical (unpaired) electrons. The molecule has 1 aliphatic rings. The van der Waals surface area contributed by atoms with E-state index in [9.17, 15) is 9.59 Å². The highest BCUT2D eigenvalue weighted by Crippen LogP contribution is 2.37. The quantitative estimate of drug-likeness (QED) is 0.567. The lowest BCUT2D eigenvalue weighted by Gasteiger charge is -2.23. The van der Waals surface area contributed by atoms with Gasteiger partial charge in [-0.1, -0.05) is 12.1 Å². The van der Waals surface area contributed by atoms with Crippen LogP contribution in [0.3, 0.4) is 0 Å². The monoisotopic (exact) mass is 439 g/mol. The summed E-state index contributed by atoms with van der Waals surface area (Å²) in [4.78, 5) is 31.4. The fourth-order valence-electron chi connectivity index (χ4n) is 3.16. The average molecular weight is 440 g/mol. The Morgan fingerprint density at radius 3 is 2.73 bits per heavy atom. The summed E-state index contributed by atoms with van der Waals surface area (Å²) >= 11 is 2.83. The first kappa shape index (κ1) is 20.4. The molecule has 30 heavy (non-hydrogen) atoms. The van der Waals surface area contributed by atoms with E-state index < -0.39 is 5.25 Å². The minimum atomic E-state index is -0.466. The molecule has 1 atom stereocenters. The molecule has 4 rings (SSSR count). The maximum absolute atomic E-state index is 12.6. The molecule has 2 heterocycles. The van der Waals surface area contributed by atoms with Crippen LogP contribution < -0.4 is 15.4 Å². The molecular formula is C22H21N3O3S2. The number of carbonyl (C=O) groups excluding carboxylic acids is 2. The van der Waals surface area contributed by atoms with Gasteiger partial charge in [0.15, 0.2) is 5.13 Å². The predicted molar refractivity (Wildman–Crippen MR) is 121 cm³/mol. The van der Waals surface area contributed by atoms with Crippen LogP contribution in [0.25, 0.3) is 11.3 Å². The van der Waals surface area contributed by atoms with E-state index in [2.05, 4.69) is 15.6 Å². The van der Waals surface area contributed by atoms with Gasteiger partial charge in [-0.2, -0.15) is 0 Å². The van der Waals surface area contributed by atoms with Crippen molar-refractivity contribution in [2.45, 2.75) is 30.4 Å². The van der Waals surface area contributed by atoms with Crippen molar-refractivity contribution in [3.8, 4) is 17.0 Å². The summed E-state index contributed by atoms with van der Waals surface area (Å²) < 4.78 is 5.48. The third-order valence-corrected chi connectivity index (χ3v) is 6.72. The van der Waals surface area contributed by atoms with Gasteiger partial charge in [0.05, 0.1) is 23.2 Å². The van der Waals surface area contributed by atoms with Crippen molar-refractivity contribution in [1.29, 1.82) is 0 Å². The Kier molecular flexibility index (Phi) is 6.06. The van der Waals surface area contributed by atoms with E-state index in [-0.39, 0.29) is 18.2 Å². The lowest BCUT2D eigenvalue weighted by atomic mass is 10.1. The minimum Gasteiger partial charge on any atom is -0.494 e. The van der Waals surface area contributed by atoms with Gasteiger partial charge in [0.25, 0.3) is 0 Å². The number of fused-ring (bicyclic) bond motifs is 1. The van der Waals surface area contributed by atoms with Crippen LogP contribution in [0, 0.1) is 6.92 Å². The summed E-state index contributed by atoms with van der Waals surface area (Å²) in [6, 6.07) is 15.3. The third-order valence-electron chi connectivity index (χ3n) is 4.56. The summed E-state index contributed by atoms with van der Waals surface area (Å²) in [5.74, 6) is 0.431. The van der Waals surface area contributed by atoms with E-state index >= 15 is 0 Å². The largest absolute Gasteiger partial charge is 0.494 e. The number of hydrogen-bond donors (Lipinski definition) is 2. The highest BCUT2D eigenvalue weighted by Gasteiger charge is 2.29. The number of ether oxygens (including phenoxy) is 1. The molecule has 0 spiro atoms. The van der Waals surface area contributed by atoms with Crippen LogP contribution in [0.15, 0.2) is 53.4 Å². The van der Waals surface area contributed by atoms with Crippen LogP contribution >= 0.6 is 23.1 Å². The van der Waals surface area contributed by atoms with Gasteiger partial charge < -0.3 is 15.4 Å². The van der Waals surface area contributed by atoms with Crippen molar-refractivity contribution < 1.29 is 14.3 Å². The molecule has 2 aromatic carbocycles. The van der Waals surface area contributed by atoms with Crippen LogP contribution in [-0.4, -0.2) is 28.7 Å². The van der Waals surface area contributed by atoms with Crippen molar-refractivity contribution in [2.24, 2.45) is 0 Å². The van der Waals surface area contributed by atoms with Crippen LogP contribution in [0.4, 0.5) is 10.8 Å². The maximum Gasteiger partial charge on any atom is 0.238 e. The zero-order chi connectivity index (χ0) is 21.1. The Hall–Kier alpha value is -2.84. The Balaban J connectivity index is 1.42. The second-order valence-electron chi connectivity index (χ2n) is 6.73. The molecule has 0 bridgehead atoms. The van der Waals surface area contributed by atoms with Crippen LogP contribution in [-0.2, 0) is 9.59 Å². The van der Waals surface area contributed by atoms with Crippen molar-refractivity contribution in [1.82, 2.24) is 4.98 Å². The molecule has 1 unspecified atom stereocenters. The summed E-state index contributed by atoms with van der Waals surface area (Å²) in [7, 11) is 0. The molecule has 0 saturated heterocycles. The van der Waals surface area contributed by atoms with Gasteiger partial charge in [0, 0.05) is 21.8 Å². The molecule has 1 aliphatic heterocycles. The SMILES string of the molecule is CCOc1ccc(-c2nc(NC(=O)CC3Sc4ccccc4NC3=O)sc2C)cc1. The van der Waals surface area contributed by atoms with Crippen LogP contribution in [0.5, 0.6) is 5.75 Å². The van der Waals surface area contributed by atoms with Crippen molar-refractivity contribution in [3.05, 3.63) is 53.4 Å². The van der Waals surface area contributed by atoms with E-state index in [4.69, 9.17) is 4.74 Å². The topological polar surface area (TPSA) is 80.3 Å². The normalized spacial score (nSPS) is 15.3. The second-order valence-corrected chi connectivity index (χ2v) is 9.17. The Bertz CT molecular complexity index is 1080. The van der Waals surface area contributed by atoms with Crippen molar-refractivity contribution in [3.63, 3.8) is 0 Å². The average Bonchev–Trinajstić information content (AvgIpc) is 3.09. The molecule has 1 aromatic heterocycles. The number of hydrogen-bond acceptors (Lipinski definition) is 6. The number of amides is 2. The number of para-hydroxylation sites is 1. The van der Waals surface area contributed by atoms with Crippen molar-refractivity contribution in [2.75, 3.05) is 17.2 Å². The highest BCUT2D eigenvalue weighted by molar-refractivity contribution is 8.01. The lowest BCUT2D eigenvalue weighted by molar-refractivity contribution is -0.120. The Morgan fingerprint density at radius 2 is 1.97 bits per heavy atom. The van der Waals surface area contributed by atoms with Gasteiger partial charge in [-0.15, -0.1) is 23.1 Å². The van der Waals surface area contributed by atoms with Gasteiger partial charge in [-0.05, 0) is 50.2 Å². The minimum absolute atomic E-state index is 0.0852. The standard InChI is InChI=1S/C22H21N3O3S2/c1-3-28-15-10-8-14(9-11-15)20-13(2)29-22(25-20)24-19(26)12-18-21(27)23-16-6-4-5-7-17(16)30-18/h4-11,18H,3,12H2,1-2H3,(H,23,27)(H,24,25,26). The zero-order valence-corrected chi connectivity index (χ0v) is 18.2. The molecule has 154 valence electrons. The number of carbonyl (C=O) groups is 2. The number of rotatable bonds is 6. The van der Waals surface area contributed by atoms with E-state index in [1.807, 2.05) is 62.4 Å². The van der Waals surface area contributed by atoms with E-state index in [0.717, 1.165) is 32.5 Å². The van der Waals surface area contributed by atoms with Crippen LogP contribution in [0.1, 0.15) is 18.2 Å². The van der Waals surface area contributed by atoms with E-state index in [0.29, 0.717) is 11.7 Å². The Morgan fingerprint density at radius 1 is 1.20 bits per heavy atom. The smallest absolute Gasteiger partial charge is 0.238 e. The first-order valence-electron chi connectivity index (χ1n) is 9.60. The second kappa shape index (κ2) is 8.89. The number of thioether (sulfide) groups is 1. The van der Waals surface area contributed by atoms with E-state index in [1.165, 1.54) is 23.1 Å². The number of thiazole rings is 1. The number of aryl methyl sites for hydroxylation is 1. The summed E-state index contributed by atoms with van der Waals surface area (Å²) in [6.07, 6.45) is 0.0852. The Labute approximate surface area is 183 Å². The van der Waals surface area contributed by atoms with Gasteiger partial charge >= 0.3 is 0 Å². The fraction of sp³-hybridized carbons (Fsp3) is 0.227. The van der Waals surface area contributed by atoms with E-state index in [1.54, 1.807) is 0 Å². The number of benzene rings is 2. The molecule has 2 amide bonds. The molecular weight excluding hydrogens is 418 g/mol. The molecule has 2 N–H and O–H groups in total. The molecule has 0 fully saturated rings. The third kappa shape index (κ3) is 4.49. The van der Waals surface area contributed by atoms with Gasteiger partial charge in [0.1, 0.15) is 5.75 Å². The maximum atomic E-state index is 12.6. The predicted octanol–water partition coefficient (Wildman–Crippen LogP) is 4.96. The fourth-order valence-corrected chi connectivity index (χ4v) is 5.12. The first-order valence-corrected chi connectivity index (χ1v) is 11.3. The number of anilines is 2. The molecule has 3 aromatic rings. The molecule has 6 nitrogen and oxygen atoms in total. The lowest BCUT2D eigenvalue weighted by Crippen LogP contribution is -2.32. The zero-order valence-electron chi connectivity index (χ0n) is 16.6. The number of nitrogens with zero attached hydrogens (tertiary/aromatic N) is 1. The van der Waals surface area contributed by atoms with Gasteiger partial charge in [0.2, 0.25) is 11.8 Å². The number of nitrogens with one attached hydrogen (secondary N) is 2. The molecule has 0 saturated carbocycles. The van der Waals surface area contributed by atoms with Crippen molar-refractivity contribution >= 4 is 45.7 Å². The highest BCUT2D eigenvalue weighted by atomic mass is 32.2. The molecule has 0 aliphatic carbocycles. The van der Waals surface area contributed by atoms with Gasteiger partial charge in [-0.25, -0.2) is 4.98 Å². The summed E-state index contributed by atoms with van der Waals surface area (Å²) in [5.41, 5.74) is 2.59. The first-order chi connectivity index (χ1) is 14.5. The summed E-state index contributed by atoms with van der Waals surface area (Å²) in [6.45, 7) is 4.54. The van der Waals surface area contributed by atoms with Crippen LogP contribution in [0.2, 0.25) is 0 Å². The summed E-state index contributed by atoms with van der Waals surface area (Å²) in [5, 5.41) is 5.78. The number of aromatic nitrogens is 1. The molecule has 8 heteroatoms. The van der Waals surface area contributed by atoms with Gasteiger partial charge in [-0.3, -0.25) is 9.59 Å².